The number of hydrogen-bond acceptors (Lipinski definition) is 5. The lowest BCUT2D eigenvalue weighted by Gasteiger charge is -2.22. The summed E-state index contributed by atoms with van der Waals surface area (Å²) < 4.78 is 31.2. The van der Waals surface area contributed by atoms with Gasteiger partial charge in [0.05, 0.1) is 5.69 Å². The SMILES string of the molecule is O=C(Nc1ccccc1F)C1CCCN1c1nc(Cc2ccc(F)cc2)ns1. The van der Waals surface area contributed by atoms with Gasteiger partial charge in [-0.1, -0.05) is 24.3 Å². The van der Waals surface area contributed by atoms with Crippen LogP contribution in [-0.4, -0.2) is 27.9 Å². The third kappa shape index (κ3) is 4.01. The van der Waals surface area contributed by atoms with E-state index in [1.165, 1.54) is 35.8 Å². The highest BCUT2D eigenvalue weighted by atomic mass is 32.1. The molecule has 5 nitrogen and oxygen atoms in total. The number of carbonyl (C=O) groups is 1. The summed E-state index contributed by atoms with van der Waals surface area (Å²) >= 11 is 1.24. The van der Waals surface area contributed by atoms with E-state index in [1.54, 1.807) is 24.3 Å². The van der Waals surface area contributed by atoms with Crippen molar-refractivity contribution in [3.63, 3.8) is 0 Å². The van der Waals surface area contributed by atoms with Crippen LogP contribution in [0.15, 0.2) is 48.5 Å². The molecule has 1 saturated heterocycles. The van der Waals surface area contributed by atoms with Crippen LogP contribution in [-0.2, 0) is 11.2 Å². The summed E-state index contributed by atoms with van der Waals surface area (Å²) in [6.07, 6.45) is 2.02. The van der Waals surface area contributed by atoms with Crippen LogP contribution < -0.4 is 10.2 Å². The topological polar surface area (TPSA) is 58.1 Å². The molecule has 2 aromatic carbocycles. The number of para-hydroxylation sites is 1. The molecule has 0 radical (unpaired) electrons. The van der Waals surface area contributed by atoms with Gasteiger partial charge in [-0.15, -0.1) is 0 Å². The van der Waals surface area contributed by atoms with Gasteiger partial charge in [0, 0.05) is 24.5 Å². The maximum absolute atomic E-state index is 13.8. The Morgan fingerprint density at radius 1 is 1.18 bits per heavy atom. The quantitative estimate of drug-likeness (QED) is 0.703. The van der Waals surface area contributed by atoms with Crippen LogP contribution in [0.3, 0.4) is 0 Å². The van der Waals surface area contributed by atoms with E-state index in [1.807, 2.05) is 4.90 Å². The third-order valence-corrected chi connectivity index (χ3v) is 5.46. The smallest absolute Gasteiger partial charge is 0.247 e. The summed E-state index contributed by atoms with van der Waals surface area (Å²) in [5, 5.41) is 3.34. The van der Waals surface area contributed by atoms with Crippen LogP contribution in [0.5, 0.6) is 0 Å². The number of carbonyl (C=O) groups excluding carboxylic acids is 1. The average Bonchev–Trinajstić information content (AvgIpc) is 3.34. The maximum atomic E-state index is 13.8. The monoisotopic (exact) mass is 400 g/mol. The average molecular weight is 400 g/mol. The Morgan fingerprint density at radius 2 is 1.96 bits per heavy atom. The first-order chi connectivity index (χ1) is 13.6. The van der Waals surface area contributed by atoms with E-state index in [4.69, 9.17) is 0 Å². The van der Waals surface area contributed by atoms with E-state index < -0.39 is 11.9 Å². The van der Waals surface area contributed by atoms with Crippen molar-refractivity contribution in [1.29, 1.82) is 0 Å². The van der Waals surface area contributed by atoms with Crippen LogP contribution in [0.1, 0.15) is 24.2 Å². The minimum absolute atomic E-state index is 0.175. The lowest BCUT2D eigenvalue weighted by Crippen LogP contribution is -2.39. The zero-order valence-electron chi connectivity index (χ0n) is 14.9. The number of halogens is 2. The van der Waals surface area contributed by atoms with Gasteiger partial charge in [0.15, 0.2) is 0 Å². The van der Waals surface area contributed by atoms with Crippen molar-refractivity contribution in [3.8, 4) is 0 Å². The fraction of sp³-hybridized carbons (Fsp3) is 0.250. The molecule has 28 heavy (non-hydrogen) atoms. The molecule has 0 spiro atoms. The van der Waals surface area contributed by atoms with Crippen LogP contribution in [0.25, 0.3) is 0 Å². The fourth-order valence-electron chi connectivity index (χ4n) is 3.26. The van der Waals surface area contributed by atoms with Crippen molar-refractivity contribution in [2.24, 2.45) is 0 Å². The zero-order chi connectivity index (χ0) is 19.5. The largest absolute Gasteiger partial charge is 0.335 e. The van der Waals surface area contributed by atoms with Crippen molar-refractivity contribution in [2.75, 3.05) is 16.8 Å². The number of hydrogen-bond donors (Lipinski definition) is 1. The lowest BCUT2D eigenvalue weighted by molar-refractivity contribution is -0.117. The van der Waals surface area contributed by atoms with E-state index in [-0.39, 0.29) is 17.4 Å². The standard InChI is InChI=1S/C20H18F2N4OS/c21-14-9-7-13(8-10-14)12-18-24-20(28-25-18)26-11-3-6-17(26)19(27)23-16-5-2-1-4-15(16)22/h1-2,4-5,7-10,17H,3,6,11-12H2,(H,23,27). The second-order valence-electron chi connectivity index (χ2n) is 6.62. The van der Waals surface area contributed by atoms with E-state index in [9.17, 15) is 13.6 Å². The minimum Gasteiger partial charge on any atom is -0.335 e. The summed E-state index contributed by atoms with van der Waals surface area (Å²) in [5.41, 5.74) is 1.09. The highest BCUT2D eigenvalue weighted by Gasteiger charge is 2.33. The number of rotatable bonds is 5. The molecule has 0 aliphatic carbocycles. The van der Waals surface area contributed by atoms with Gasteiger partial charge < -0.3 is 10.2 Å². The Balaban J connectivity index is 1.46. The minimum atomic E-state index is -0.460. The van der Waals surface area contributed by atoms with Crippen molar-refractivity contribution in [2.45, 2.75) is 25.3 Å². The molecule has 3 aromatic rings. The van der Waals surface area contributed by atoms with E-state index in [0.29, 0.717) is 30.3 Å². The number of nitrogens with one attached hydrogen (secondary N) is 1. The second kappa shape index (κ2) is 8.02. The highest BCUT2D eigenvalue weighted by Crippen LogP contribution is 2.28. The number of nitrogens with zero attached hydrogens (tertiary/aromatic N) is 3. The first kappa shape index (κ1) is 18.5. The Morgan fingerprint density at radius 3 is 2.75 bits per heavy atom. The number of benzene rings is 2. The van der Waals surface area contributed by atoms with Gasteiger partial charge in [-0.05, 0) is 42.7 Å². The molecule has 1 fully saturated rings. The molecule has 0 saturated carbocycles. The van der Waals surface area contributed by atoms with Crippen molar-refractivity contribution < 1.29 is 13.6 Å². The Labute approximate surface area is 165 Å². The fourth-order valence-corrected chi connectivity index (χ4v) is 4.03. The number of amides is 1. The summed E-state index contributed by atoms with van der Waals surface area (Å²) in [5.74, 6) is -0.362. The summed E-state index contributed by atoms with van der Waals surface area (Å²) in [6, 6.07) is 11.9. The molecule has 8 heteroatoms. The number of anilines is 2. The van der Waals surface area contributed by atoms with Gasteiger partial charge in [-0.2, -0.15) is 4.37 Å². The molecule has 1 amide bonds. The normalized spacial score (nSPS) is 16.4. The summed E-state index contributed by atoms with van der Waals surface area (Å²) in [4.78, 5) is 19.2. The molecule has 1 N–H and O–H groups in total. The lowest BCUT2D eigenvalue weighted by atomic mass is 10.1. The predicted octanol–water partition coefficient (Wildman–Crippen LogP) is 4.01. The van der Waals surface area contributed by atoms with E-state index >= 15 is 0 Å². The Hall–Kier alpha value is -2.87. The first-order valence-corrected chi connectivity index (χ1v) is 9.76. The second-order valence-corrected chi connectivity index (χ2v) is 7.35. The van der Waals surface area contributed by atoms with Gasteiger partial charge >= 0.3 is 0 Å². The van der Waals surface area contributed by atoms with Crippen LogP contribution in [0.2, 0.25) is 0 Å². The molecule has 0 bridgehead atoms. The molecule has 1 aromatic heterocycles. The molecule has 144 valence electrons. The van der Waals surface area contributed by atoms with Crippen LogP contribution >= 0.6 is 11.5 Å². The molecule has 2 heterocycles. The summed E-state index contributed by atoms with van der Waals surface area (Å²) in [7, 11) is 0. The summed E-state index contributed by atoms with van der Waals surface area (Å²) in [6.45, 7) is 0.695. The molecule has 1 atom stereocenters. The van der Waals surface area contributed by atoms with E-state index in [2.05, 4.69) is 14.7 Å². The van der Waals surface area contributed by atoms with Gasteiger partial charge in [0.25, 0.3) is 0 Å². The van der Waals surface area contributed by atoms with Crippen molar-refractivity contribution in [3.05, 3.63) is 71.6 Å². The first-order valence-electron chi connectivity index (χ1n) is 8.99. The van der Waals surface area contributed by atoms with Gasteiger partial charge in [-0.25, -0.2) is 13.8 Å². The van der Waals surface area contributed by atoms with Crippen molar-refractivity contribution >= 4 is 28.3 Å². The van der Waals surface area contributed by atoms with Gasteiger partial charge in [0.1, 0.15) is 23.5 Å². The molecular weight excluding hydrogens is 382 g/mol. The predicted molar refractivity (Wildman–Crippen MR) is 105 cm³/mol. The maximum Gasteiger partial charge on any atom is 0.247 e. The van der Waals surface area contributed by atoms with Gasteiger partial charge in [0.2, 0.25) is 11.0 Å². The Bertz CT molecular complexity index is 976. The molecule has 4 rings (SSSR count). The van der Waals surface area contributed by atoms with Crippen molar-refractivity contribution in [1.82, 2.24) is 9.36 Å². The molecular formula is C20H18F2N4OS. The number of aromatic nitrogens is 2. The van der Waals surface area contributed by atoms with Crippen LogP contribution in [0.4, 0.5) is 19.6 Å². The molecule has 1 unspecified atom stereocenters. The Kier molecular flexibility index (Phi) is 5.29. The molecule has 1 aliphatic rings. The molecule has 1 aliphatic heterocycles. The highest BCUT2D eigenvalue weighted by molar-refractivity contribution is 7.09. The van der Waals surface area contributed by atoms with Crippen LogP contribution in [0, 0.1) is 11.6 Å². The zero-order valence-corrected chi connectivity index (χ0v) is 15.8. The van der Waals surface area contributed by atoms with E-state index in [0.717, 1.165) is 12.0 Å². The van der Waals surface area contributed by atoms with Gasteiger partial charge in [-0.3, -0.25) is 4.79 Å². The third-order valence-electron chi connectivity index (χ3n) is 4.67.